The van der Waals surface area contributed by atoms with Crippen molar-refractivity contribution in [2.45, 2.75) is 51.9 Å². The smallest absolute Gasteiger partial charge is 0.312 e. The molecule has 130 valence electrons. The van der Waals surface area contributed by atoms with E-state index >= 15 is 0 Å². The van der Waals surface area contributed by atoms with Gasteiger partial charge in [-0.25, -0.2) is 0 Å². The predicted molar refractivity (Wildman–Crippen MR) is 87.0 cm³/mol. The number of hydrogen-bond donors (Lipinski definition) is 1. The van der Waals surface area contributed by atoms with Crippen LogP contribution < -0.4 is 0 Å². The molecule has 5 rings (SSSR count). The van der Waals surface area contributed by atoms with E-state index in [-0.39, 0.29) is 22.7 Å². The Morgan fingerprint density at radius 3 is 2.83 bits per heavy atom. The SMILES string of the molecule is C=C1CC23CC1CCC2C12CCCC(C)(C(=O)OC1)C2C3C(=O)O. The normalized spacial score (nSPS) is 54.9. The highest BCUT2D eigenvalue weighted by atomic mass is 16.5. The average Bonchev–Trinajstić information content (AvgIpc) is 2.93. The van der Waals surface area contributed by atoms with E-state index < -0.39 is 17.3 Å². The van der Waals surface area contributed by atoms with E-state index in [1.807, 2.05) is 6.92 Å². The van der Waals surface area contributed by atoms with Gasteiger partial charge in [-0.05, 0) is 68.6 Å². The first-order chi connectivity index (χ1) is 11.4. The van der Waals surface area contributed by atoms with Crippen LogP contribution >= 0.6 is 0 Å². The Morgan fingerprint density at radius 1 is 1.29 bits per heavy atom. The molecule has 4 saturated carbocycles. The molecular formula is C20H26O4. The zero-order valence-electron chi connectivity index (χ0n) is 14.3. The highest BCUT2D eigenvalue weighted by Gasteiger charge is 2.78. The lowest BCUT2D eigenvalue weighted by molar-refractivity contribution is -0.200. The third-order valence-electron chi connectivity index (χ3n) is 8.75. The van der Waals surface area contributed by atoms with Gasteiger partial charge in [0.15, 0.2) is 0 Å². The fraction of sp³-hybridized carbons (Fsp3) is 0.800. The number of hydrogen-bond acceptors (Lipinski definition) is 3. The minimum absolute atomic E-state index is 0.0628. The van der Waals surface area contributed by atoms with E-state index in [0.717, 1.165) is 44.9 Å². The Balaban J connectivity index is 1.75. The molecule has 7 atom stereocenters. The van der Waals surface area contributed by atoms with Crippen molar-refractivity contribution in [3.63, 3.8) is 0 Å². The molecule has 0 radical (unpaired) electrons. The second-order valence-electron chi connectivity index (χ2n) is 9.47. The summed E-state index contributed by atoms with van der Waals surface area (Å²) in [6.07, 6.45) is 6.85. The number of carboxylic acid groups (broad SMARTS) is 1. The third-order valence-corrected chi connectivity index (χ3v) is 8.75. The molecule has 5 fully saturated rings. The van der Waals surface area contributed by atoms with Gasteiger partial charge < -0.3 is 9.84 Å². The Labute approximate surface area is 142 Å². The van der Waals surface area contributed by atoms with E-state index in [2.05, 4.69) is 6.58 Å². The van der Waals surface area contributed by atoms with Gasteiger partial charge in [0, 0.05) is 5.41 Å². The summed E-state index contributed by atoms with van der Waals surface area (Å²) in [5.74, 6) is -0.458. The van der Waals surface area contributed by atoms with Crippen molar-refractivity contribution in [1.29, 1.82) is 0 Å². The Bertz CT molecular complexity index is 669. The van der Waals surface area contributed by atoms with Crippen LogP contribution in [0.4, 0.5) is 0 Å². The highest BCUT2D eigenvalue weighted by Crippen LogP contribution is 2.78. The molecule has 7 unspecified atom stereocenters. The number of cyclic esters (lactones) is 1. The molecule has 1 saturated heterocycles. The Morgan fingerprint density at radius 2 is 2.08 bits per heavy atom. The van der Waals surface area contributed by atoms with Gasteiger partial charge >= 0.3 is 11.9 Å². The highest BCUT2D eigenvalue weighted by molar-refractivity contribution is 5.82. The number of carbonyl (C=O) groups excluding carboxylic acids is 1. The van der Waals surface area contributed by atoms with Crippen LogP contribution in [-0.2, 0) is 14.3 Å². The van der Waals surface area contributed by atoms with Crippen LogP contribution in [0.2, 0.25) is 0 Å². The first-order valence-electron chi connectivity index (χ1n) is 9.43. The van der Waals surface area contributed by atoms with E-state index in [1.54, 1.807) is 0 Å². The summed E-state index contributed by atoms with van der Waals surface area (Å²) < 4.78 is 5.71. The van der Waals surface area contributed by atoms with Crippen LogP contribution in [0.3, 0.4) is 0 Å². The van der Waals surface area contributed by atoms with Crippen LogP contribution in [0, 0.1) is 39.9 Å². The molecule has 4 bridgehead atoms. The first-order valence-corrected chi connectivity index (χ1v) is 9.43. The van der Waals surface area contributed by atoms with E-state index in [9.17, 15) is 14.7 Å². The van der Waals surface area contributed by atoms with Crippen molar-refractivity contribution in [1.82, 2.24) is 0 Å². The summed E-state index contributed by atoms with van der Waals surface area (Å²) in [5.41, 5.74) is 0.339. The summed E-state index contributed by atoms with van der Waals surface area (Å²) in [4.78, 5) is 25.2. The molecule has 24 heavy (non-hydrogen) atoms. The Hall–Kier alpha value is -1.32. The predicted octanol–water partition coefficient (Wildman–Crippen LogP) is 3.41. The van der Waals surface area contributed by atoms with E-state index in [4.69, 9.17) is 4.74 Å². The zero-order chi connectivity index (χ0) is 16.9. The summed E-state index contributed by atoms with van der Waals surface area (Å²) in [5, 5.41) is 10.3. The quantitative estimate of drug-likeness (QED) is 0.591. The molecule has 1 aliphatic heterocycles. The fourth-order valence-corrected chi connectivity index (χ4v) is 8.18. The van der Waals surface area contributed by atoms with Gasteiger partial charge in [-0.1, -0.05) is 18.6 Å². The third kappa shape index (κ3) is 1.40. The minimum atomic E-state index is -0.690. The summed E-state index contributed by atoms with van der Waals surface area (Å²) in [7, 11) is 0. The largest absolute Gasteiger partial charge is 0.481 e. The Kier molecular flexibility index (Phi) is 2.66. The second kappa shape index (κ2) is 4.25. The standard InChI is InChI=1S/C20H26O4/c1-11-8-20-9-12(11)4-5-13(20)19-7-3-6-18(2,17(23)24-10-19)15(19)14(20)16(21)22/h12-15H,1,3-10H2,2H3,(H,21,22). The number of esters is 1. The van der Waals surface area contributed by atoms with E-state index in [1.165, 1.54) is 5.57 Å². The molecule has 1 N–H and O–H groups in total. The van der Waals surface area contributed by atoms with Gasteiger partial charge in [0.05, 0.1) is 17.9 Å². The maximum Gasteiger partial charge on any atom is 0.312 e. The minimum Gasteiger partial charge on any atom is -0.481 e. The summed E-state index contributed by atoms with van der Waals surface area (Å²) >= 11 is 0. The second-order valence-corrected chi connectivity index (χ2v) is 9.47. The van der Waals surface area contributed by atoms with Gasteiger partial charge in [-0.2, -0.15) is 0 Å². The van der Waals surface area contributed by atoms with Crippen molar-refractivity contribution < 1.29 is 19.4 Å². The van der Waals surface area contributed by atoms with Gasteiger partial charge in [0.1, 0.15) is 0 Å². The lowest BCUT2D eigenvalue weighted by Crippen LogP contribution is -2.58. The monoisotopic (exact) mass is 330 g/mol. The maximum absolute atomic E-state index is 12.7. The number of ether oxygens (including phenoxy) is 1. The summed E-state index contributed by atoms with van der Waals surface area (Å²) in [6.45, 7) is 6.72. The number of allylic oxidation sites excluding steroid dienone is 1. The van der Waals surface area contributed by atoms with Crippen molar-refractivity contribution in [3.05, 3.63) is 12.2 Å². The van der Waals surface area contributed by atoms with E-state index in [0.29, 0.717) is 18.4 Å². The van der Waals surface area contributed by atoms with Crippen LogP contribution in [0.25, 0.3) is 0 Å². The van der Waals surface area contributed by atoms with Gasteiger partial charge in [0.2, 0.25) is 0 Å². The molecule has 4 nitrogen and oxygen atoms in total. The van der Waals surface area contributed by atoms with Gasteiger partial charge in [0.25, 0.3) is 0 Å². The first kappa shape index (κ1) is 15.0. The van der Waals surface area contributed by atoms with Crippen molar-refractivity contribution >= 4 is 11.9 Å². The van der Waals surface area contributed by atoms with Crippen LogP contribution in [0.1, 0.15) is 51.9 Å². The molecule has 0 amide bonds. The van der Waals surface area contributed by atoms with Crippen molar-refractivity contribution in [2.75, 3.05) is 6.61 Å². The van der Waals surface area contributed by atoms with Crippen LogP contribution in [-0.4, -0.2) is 23.7 Å². The number of rotatable bonds is 1. The lowest BCUT2D eigenvalue weighted by atomic mass is 9.51. The molecule has 1 heterocycles. The maximum atomic E-state index is 12.7. The molecule has 5 aliphatic rings. The molecule has 4 aliphatic carbocycles. The molecular weight excluding hydrogens is 304 g/mol. The van der Waals surface area contributed by atoms with Crippen LogP contribution in [0.15, 0.2) is 12.2 Å². The lowest BCUT2D eigenvalue weighted by Gasteiger charge is -2.55. The summed E-state index contributed by atoms with van der Waals surface area (Å²) in [6, 6.07) is 0. The topological polar surface area (TPSA) is 63.6 Å². The van der Waals surface area contributed by atoms with Gasteiger partial charge in [-0.3, -0.25) is 9.59 Å². The number of carbonyl (C=O) groups is 2. The zero-order valence-corrected chi connectivity index (χ0v) is 14.3. The molecule has 4 heteroatoms. The molecule has 0 aromatic rings. The number of fused-ring (bicyclic) bond motifs is 1. The fourth-order valence-electron chi connectivity index (χ4n) is 8.18. The molecule has 0 aromatic heterocycles. The molecule has 1 spiro atoms. The van der Waals surface area contributed by atoms with Crippen molar-refractivity contribution in [3.8, 4) is 0 Å². The number of carboxylic acids is 1. The number of aliphatic carboxylic acids is 1. The van der Waals surface area contributed by atoms with Crippen molar-refractivity contribution in [2.24, 2.45) is 39.9 Å². The van der Waals surface area contributed by atoms with Gasteiger partial charge in [-0.15, -0.1) is 0 Å². The molecule has 0 aromatic carbocycles. The average molecular weight is 330 g/mol. The van der Waals surface area contributed by atoms with Crippen LogP contribution in [0.5, 0.6) is 0 Å².